The SMILES string of the molecule is Cc1cc(C(F)(F)F)cc(N(CC(=O)N(C)c2cc(Cl)c(F)cc2F)c2cn[nH]n2)n1. The lowest BCUT2D eigenvalue weighted by Crippen LogP contribution is -2.37. The van der Waals surface area contributed by atoms with Crippen molar-refractivity contribution in [1.82, 2.24) is 20.4 Å². The third-order valence-corrected chi connectivity index (χ3v) is 4.53. The number of carbonyl (C=O) groups is 1. The Balaban J connectivity index is 1.98. The molecule has 3 rings (SSSR count). The summed E-state index contributed by atoms with van der Waals surface area (Å²) in [5.74, 6) is -3.02. The van der Waals surface area contributed by atoms with Crippen molar-refractivity contribution >= 4 is 34.8 Å². The molecule has 7 nitrogen and oxygen atoms in total. The standard InChI is InChI=1S/C18H14ClF5N6O/c1-9-3-10(18(22,23)24)4-15(26-9)30(16-7-25-28-27-16)8-17(31)29(2)14-5-11(19)12(20)6-13(14)21/h3-7H,8H2,1-2H3,(H,25,27,28). The second-order valence-electron chi connectivity index (χ2n) is 6.44. The highest BCUT2D eigenvalue weighted by atomic mass is 35.5. The summed E-state index contributed by atoms with van der Waals surface area (Å²) >= 11 is 5.67. The van der Waals surface area contributed by atoms with Crippen molar-refractivity contribution in [1.29, 1.82) is 0 Å². The van der Waals surface area contributed by atoms with Gasteiger partial charge in [-0.25, -0.2) is 13.8 Å². The molecule has 13 heteroatoms. The highest BCUT2D eigenvalue weighted by Crippen LogP contribution is 2.33. The average Bonchev–Trinajstić information content (AvgIpc) is 3.21. The van der Waals surface area contributed by atoms with Gasteiger partial charge in [0.05, 0.1) is 22.5 Å². The van der Waals surface area contributed by atoms with E-state index in [2.05, 4.69) is 20.4 Å². The highest BCUT2D eigenvalue weighted by Gasteiger charge is 2.32. The highest BCUT2D eigenvalue weighted by molar-refractivity contribution is 6.31. The van der Waals surface area contributed by atoms with Crippen LogP contribution in [0.2, 0.25) is 5.02 Å². The number of aromatic amines is 1. The molecule has 0 fully saturated rings. The molecule has 0 bridgehead atoms. The first-order valence-electron chi connectivity index (χ1n) is 8.57. The van der Waals surface area contributed by atoms with Crippen LogP contribution in [0.3, 0.4) is 0 Å². The van der Waals surface area contributed by atoms with Crippen molar-refractivity contribution in [3.63, 3.8) is 0 Å². The Morgan fingerprint density at radius 1 is 1.13 bits per heavy atom. The number of likely N-dealkylation sites (N-methyl/N-ethyl adjacent to an activating group) is 1. The van der Waals surface area contributed by atoms with Crippen molar-refractivity contribution in [3.8, 4) is 0 Å². The van der Waals surface area contributed by atoms with Gasteiger partial charge in [-0.3, -0.25) is 9.69 Å². The minimum absolute atomic E-state index is 0.00517. The van der Waals surface area contributed by atoms with Gasteiger partial charge in [-0.2, -0.15) is 23.5 Å². The summed E-state index contributed by atoms with van der Waals surface area (Å²) in [6.07, 6.45) is -3.47. The maximum Gasteiger partial charge on any atom is 0.416 e. The monoisotopic (exact) mass is 460 g/mol. The summed E-state index contributed by atoms with van der Waals surface area (Å²) in [5, 5.41) is 9.29. The maximum atomic E-state index is 14.1. The topological polar surface area (TPSA) is 78.0 Å². The van der Waals surface area contributed by atoms with Gasteiger partial charge in [0.15, 0.2) is 5.82 Å². The molecule has 0 saturated carbocycles. The smallest absolute Gasteiger partial charge is 0.311 e. The summed E-state index contributed by atoms with van der Waals surface area (Å²) in [7, 11) is 1.21. The molecule has 3 aromatic rings. The quantitative estimate of drug-likeness (QED) is 0.455. The van der Waals surface area contributed by atoms with E-state index in [1.54, 1.807) is 0 Å². The Kier molecular flexibility index (Phi) is 6.11. The van der Waals surface area contributed by atoms with Gasteiger partial charge in [0, 0.05) is 18.8 Å². The molecule has 1 aromatic carbocycles. The van der Waals surface area contributed by atoms with Crippen LogP contribution in [0.25, 0.3) is 0 Å². The molecule has 0 atom stereocenters. The van der Waals surface area contributed by atoms with Crippen LogP contribution < -0.4 is 9.80 Å². The molecule has 31 heavy (non-hydrogen) atoms. The number of H-pyrrole nitrogens is 1. The average molecular weight is 461 g/mol. The zero-order chi connectivity index (χ0) is 22.9. The van der Waals surface area contributed by atoms with Gasteiger partial charge in [0.25, 0.3) is 0 Å². The molecule has 0 unspecified atom stereocenters. The van der Waals surface area contributed by atoms with E-state index in [0.717, 1.165) is 28.0 Å². The minimum Gasteiger partial charge on any atom is -0.311 e. The van der Waals surface area contributed by atoms with Crippen LogP contribution in [0.1, 0.15) is 11.3 Å². The van der Waals surface area contributed by atoms with Crippen LogP contribution in [0.5, 0.6) is 0 Å². The number of rotatable bonds is 5. The van der Waals surface area contributed by atoms with Crippen molar-refractivity contribution in [2.75, 3.05) is 23.4 Å². The van der Waals surface area contributed by atoms with E-state index in [-0.39, 0.29) is 23.0 Å². The van der Waals surface area contributed by atoms with E-state index in [1.165, 1.54) is 20.2 Å². The number of aromatic nitrogens is 4. The molecule has 0 aliphatic heterocycles. The van der Waals surface area contributed by atoms with E-state index in [1.807, 2.05) is 0 Å². The number of amides is 1. The molecule has 0 radical (unpaired) electrons. The van der Waals surface area contributed by atoms with Crippen molar-refractivity contribution in [3.05, 3.63) is 58.4 Å². The Hall–Kier alpha value is -3.28. The first-order valence-corrected chi connectivity index (χ1v) is 8.95. The van der Waals surface area contributed by atoms with Gasteiger partial charge < -0.3 is 4.90 Å². The van der Waals surface area contributed by atoms with Crippen LogP contribution >= 0.6 is 11.6 Å². The minimum atomic E-state index is -4.65. The number of hydrogen-bond acceptors (Lipinski definition) is 5. The van der Waals surface area contributed by atoms with Gasteiger partial charge in [0.1, 0.15) is 24.0 Å². The molecule has 0 aliphatic carbocycles. The molecule has 0 saturated heterocycles. The molecule has 2 heterocycles. The van der Waals surface area contributed by atoms with Crippen molar-refractivity contribution in [2.24, 2.45) is 0 Å². The van der Waals surface area contributed by atoms with Gasteiger partial charge in [-0.1, -0.05) is 11.6 Å². The summed E-state index contributed by atoms with van der Waals surface area (Å²) in [6, 6.07) is 3.06. The third-order valence-electron chi connectivity index (χ3n) is 4.24. The van der Waals surface area contributed by atoms with Gasteiger partial charge in [-0.15, -0.1) is 5.10 Å². The molecule has 2 aromatic heterocycles. The van der Waals surface area contributed by atoms with Crippen LogP contribution in [-0.2, 0) is 11.0 Å². The molecule has 0 spiro atoms. The first-order chi connectivity index (χ1) is 14.5. The third kappa shape index (κ3) is 4.90. The number of pyridine rings is 1. The van der Waals surface area contributed by atoms with E-state index in [0.29, 0.717) is 6.07 Å². The number of carbonyl (C=O) groups excluding carboxylic acids is 1. The lowest BCUT2D eigenvalue weighted by molar-refractivity contribution is -0.137. The fourth-order valence-corrected chi connectivity index (χ4v) is 2.86. The Labute approximate surface area is 177 Å². The van der Waals surface area contributed by atoms with E-state index in [9.17, 15) is 26.7 Å². The fraction of sp³-hybridized carbons (Fsp3) is 0.222. The Bertz CT molecular complexity index is 1110. The van der Waals surface area contributed by atoms with E-state index in [4.69, 9.17) is 11.6 Å². The second-order valence-corrected chi connectivity index (χ2v) is 6.85. The van der Waals surface area contributed by atoms with Gasteiger partial charge in [-0.05, 0) is 25.1 Å². The van der Waals surface area contributed by atoms with Crippen molar-refractivity contribution < 1.29 is 26.7 Å². The number of nitrogens with zero attached hydrogens (tertiary/aromatic N) is 5. The first kappa shape index (κ1) is 22.4. The number of nitrogens with one attached hydrogen (secondary N) is 1. The summed E-state index contributed by atoms with van der Waals surface area (Å²) in [4.78, 5) is 18.8. The number of hydrogen-bond donors (Lipinski definition) is 1. The lowest BCUT2D eigenvalue weighted by atomic mass is 10.2. The van der Waals surface area contributed by atoms with Crippen LogP contribution in [-0.4, -0.2) is 39.9 Å². The van der Waals surface area contributed by atoms with Crippen LogP contribution in [0.4, 0.5) is 39.3 Å². The van der Waals surface area contributed by atoms with Gasteiger partial charge >= 0.3 is 6.18 Å². The summed E-state index contributed by atoms with van der Waals surface area (Å²) < 4.78 is 67.3. The maximum absolute atomic E-state index is 14.1. The summed E-state index contributed by atoms with van der Waals surface area (Å²) in [6.45, 7) is 0.786. The van der Waals surface area contributed by atoms with E-state index < -0.39 is 40.8 Å². The number of aryl methyl sites for hydroxylation is 1. The van der Waals surface area contributed by atoms with Gasteiger partial charge in [0.2, 0.25) is 5.91 Å². The molecule has 0 aliphatic rings. The Morgan fingerprint density at radius 3 is 2.45 bits per heavy atom. The number of alkyl halides is 3. The largest absolute Gasteiger partial charge is 0.416 e. The zero-order valence-electron chi connectivity index (χ0n) is 16.0. The molecule has 164 valence electrons. The van der Waals surface area contributed by atoms with Crippen molar-refractivity contribution in [2.45, 2.75) is 13.1 Å². The molecule has 1 amide bonds. The number of anilines is 3. The lowest BCUT2D eigenvalue weighted by Gasteiger charge is -2.25. The number of halogens is 6. The molecule has 1 N–H and O–H groups in total. The zero-order valence-corrected chi connectivity index (χ0v) is 16.8. The van der Waals surface area contributed by atoms with Crippen LogP contribution in [0.15, 0.2) is 30.5 Å². The second kappa shape index (κ2) is 8.46. The molecular weight excluding hydrogens is 447 g/mol. The van der Waals surface area contributed by atoms with E-state index >= 15 is 0 Å². The number of benzene rings is 1. The van der Waals surface area contributed by atoms with Crippen LogP contribution in [0, 0.1) is 18.6 Å². The Morgan fingerprint density at radius 2 is 1.84 bits per heavy atom. The predicted octanol–water partition coefficient (Wildman–Crippen LogP) is 4.26. The molecular formula is C18H14ClF5N6O. The fourth-order valence-electron chi connectivity index (χ4n) is 2.70. The summed E-state index contributed by atoms with van der Waals surface area (Å²) in [5.41, 5.74) is -1.24. The normalized spacial score (nSPS) is 11.5. The predicted molar refractivity (Wildman–Crippen MR) is 102 cm³/mol.